The maximum atomic E-state index is 10.9. The third-order valence-electron chi connectivity index (χ3n) is 3.24. The monoisotopic (exact) mass is 370 g/mol. The Morgan fingerprint density at radius 1 is 0.815 bits per heavy atom. The van der Waals surface area contributed by atoms with Crippen molar-refractivity contribution in [1.29, 1.82) is 0 Å². The minimum absolute atomic E-state index is 0.394. The summed E-state index contributed by atoms with van der Waals surface area (Å²) in [5.41, 5.74) is 1.73. The fraction of sp³-hybridized carbons (Fsp3) is 0.143. The van der Waals surface area contributed by atoms with Crippen LogP contribution in [0.3, 0.4) is 0 Å². The van der Waals surface area contributed by atoms with Gasteiger partial charge in [0.05, 0.1) is 21.3 Å². The van der Waals surface area contributed by atoms with Gasteiger partial charge >= 0.3 is 11.9 Å². The molecule has 0 bridgehead atoms. The Hall–Kier alpha value is -3.54. The van der Waals surface area contributed by atoms with E-state index in [1.54, 1.807) is 38.5 Å². The van der Waals surface area contributed by atoms with E-state index in [0.717, 1.165) is 17.2 Å². The van der Waals surface area contributed by atoms with E-state index >= 15 is 0 Å². The molecule has 0 radical (unpaired) electrons. The quantitative estimate of drug-likeness (QED) is 0.617. The number of aliphatic carboxylic acids is 1. The number of benzene rings is 2. The van der Waals surface area contributed by atoms with Gasteiger partial charge in [0.2, 0.25) is 0 Å². The molecule has 0 aliphatic rings. The summed E-state index contributed by atoms with van der Waals surface area (Å²) in [4.78, 5) is 21.0. The highest BCUT2D eigenvalue weighted by Gasteiger charge is 2.02. The van der Waals surface area contributed by atoms with E-state index in [4.69, 9.17) is 14.6 Å². The molecule has 1 N–H and O–H groups in total. The third-order valence-corrected chi connectivity index (χ3v) is 3.24. The van der Waals surface area contributed by atoms with Gasteiger partial charge in [-0.05, 0) is 35.4 Å². The van der Waals surface area contributed by atoms with Crippen LogP contribution in [-0.4, -0.2) is 38.4 Å². The van der Waals surface area contributed by atoms with Gasteiger partial charge in [0, 0.05) is 12.2 Å². The van der Waals surface area contributed by atoms with Gasteiger partial charge in [-0.3, -0.25) is 0 Å². The number of rotatable bonds is 6. The van der Waals surface area contributed by atoms with E-state index in [1.165, 1.54) is 13.2 Å². The molecule has 0 aliphatic heterocycles. The summed E-state index contributed by atoms with van der Waals surface area (Å²) in [5, 5.41) is 8.29. The van der Waals surface area contributed by atoms with Crippen molar-refractivity contribution in [2.75, 3.05) is 21.3 Å². The van der Waals surface area contributed by atoms with Crippen molar-refractivity contribution >= 4 is 24.1 Å². The Labute approximate surface area is 158 Å². The van der Waals surface area contributed by atoms with Gasteiger partial charge in [-0.2, -0.15) is 0 Å². The average molecular weight is 370 g/mol. The Morgan fingerprint density at radius 3 is 2.00 bits per heavy atom. The molecule has 0 atom stereocenters. The Bertz CT molecular complexity index is 794. The summed E-state index contributed by atoms with van der Waals surface area (Å²) in [6.45, 7) is 0. The number of hydrogen-bond acceptors (Lipinski definition) is 5. The first-order valence-corrected chi connectivity index (χ1v) is 7.94. The summed E-state index contributed by atoms with van der Waals surface area (Å²) in [6.07, 6.45) is 5.67. The maximum Gasteiger partial charge on any atom is 0.330 e. The van der Waals surface area contributed by atoms with E-state index < -0.39 is 11.9 Å². The second-order valence-corrected chi connectivity index (χ2v) is 5.05. The van der Waals surface area contributed by atoms with Crippen molar-refractivity contribution in [3.8, 4) is 11.5 Å². The van der Waals surface area contributed by atoms with E-state index in [-0.39, 0.29) is 0 Å². The Balaban J connectivity index is 0.000000289. The highest BCUT2D eigenvalue weighted by atomic mass is 16.5. The van der Waals surface area contributed by atoms with Crippen molar-refractivity contribution in [3.63, 3.8) is 0 Å². The van der Waals surface area contributed by atoms with Gasteiger partial charge < -0.3 is 19.3 Å². The lowest BCUT2D eigenvalue weighted by atomic mass is 10.2. The zero-order valence-corrected chi connectivity index (χ0v) is 15.4. The molecule has 0 saturated carbocycles. The number of carbonyl (C=O) groups is 2. The van der Waals surface area contributed by atoms with Gasteiger partial charge in [-0.15, -0.1) is 0 Å². The maximum absolute atomic E-state index is 10.9. The molecule has 0 fully saturated rings. The molecule has 0 aromatic heterocycles. The van der Waals surface area contributed by atoms with Gasteiger partial charge in [0.1, 0.15) is 0 Å². The van der Waals surface area contributed by atoms with Crippen LogP contribution < -0.4 is 9.47 Å². The van der Waals surface area contributed by atoms with Crippen LogP contribution in [0.5, 0.6) is 11.5 Å². The predicted octanol–water partition coefficient (Wildman–Crippen LogP) is 3.67. The SMILES string of the molecule is COC(=O)C=Cc1ccc(OC)c(OC)c1.O=C(O)C=Cc1ccccc1. The van der Waals surface area contributed by atoms with Crippen molar-refractivity contribution < 1.29 is 28.9 Å². The highest BCUT2D eigenvalue weighted by molar-refractivity contribution is 5.87. The average Bonchev–Trinajstić information content (AvgIpc) is 2.71. The minimum atomic E-state index is -0.922. The molecule has 6 heteroatoms. The van der Waals surface area contributed by atoms with Crippen molar-refractivity contribution in [1.82, 2.24) is 0 Å². The van der Waals surface area contributed by atoms with E-state index in [1.807, 2.05) is 36.4 Å². The zero-order valence-electron chi connectivity index (χ0n) is 15.4. The lowest BCUT2D eigenvalue weighted by molar-refractivity contribution is -0.135. The molecule has 0 aliphatic carbocycles. The molecule has 27 heavy (non-hydrogen) atoms. The largest absolute Gasteiger partial charge is 0.493 e. The van der Waals surface area contributed by atoms with Crippen LogP contribution in [-0.2, 0) is 14.3 Å². The molecular weight excluding hydrogens is 348 g/mol. The summed E-state index contributed by atoms with van der Waals surface area (Å²) in [5.74, 6) is -0.0455. The highest BCUT2D eigenvalue weighted by Crippen LogP contribution is 2.27. The molecule has 0 saturated heterocycles. The molecule has 2 aromatic carbocycles. The number of carboxylic acids is 1. The van der Waals surface area contributed by atoms with Gasteiger partial charge in [0.25, 0.3) is 0 Å². The first kappa shape index (κ1) is 21.5. The normalized spacial score (nSPS) is 10.2. The van der Waals surface area contributed by atoms with Gasteiger partial charge in [0.15, 0.2) is 11.5 Å². The smallest absolute Gasteiger partial charge is 0.330 e. The van der Waals surface area contributed by atoms with Crippen LogP contribution in [0, 0.1) is 0 Å². The number of esters is 1. The van der Waals surface area contributed by atoms with Crippen LogP contribution in [0.4, 0.5) is 0 Å². The third kappa shape index (κ3) is 8.40. The molecule has 2 rings (SSSR count). The minimum Gasteiger partial charge on any atom is -0.493 e. The molecule has 0 spiro atoms. The van der Waals surface area contributed by atoms with Crippen molar-refractivity contribution in [3.05, 3.63) is 71.8 Å². The number of hydrogen-bond donors (Lipinski definition) is 1. The summed E-state index contributed by atoms with van der Waals surface area (Å²) >= 11 is 0. The van der Waals surface area contributed by atoms with Gasteiger partial charge in [-0.1, -0.05) is 36.4 Å². The summed E-state index contributed by atoms with van der Waals surface area (Å²) in [7, 11) is 4.47. The van der Waals surface area contributed by atoms with Crippen LogP contribution in [0.15, 0.2) is 60.7 Å². The van der Waals surface area contributed by atoms with E-state index in [2.05, 4.69) is 4.74 Å². The number of methoxy groups -OCH3 is 3. The molecular formula is C21H22O6. The topological polar surface area (TPSA) is 82.1 Å². The summed E-state index contributed by atoms with van der Waals surface area (Å²) < 4.78 is 14.7. The lowest BCUT2D eigenvalue weighted by Gasteiger charge is -2.07. The molecule has 142 valence electrons. The lowest BCUT2D eigenvalue weighted by Crippen LogP contribution is -1.94. The van der Waals surface area contributed by atoms with Crippen molar-refractivity contribution in [2.24, 2.45) is 0 Å². The van der Waals surface area contributed by atoms with E-state index in [9.17, 15) is 9.59 Å². The van der Waals surface area contributed by atoms with Crippen LogP contribution >= 0.6 is 0 Å². The fourth-order valence-corrected chi connectivity index (χ4v) is 1.92. The van der Waals surface area contributed by atoms with Crippen molar-refractivity contribution in [2.45, 2.75) is 0 Å². The fourth-order valence-electron chi connectivity index (χ4n) is 1.92. The standard InChI is InChI=1S/C12H14O4.C9H8O2/c1-14-10-6-4-9(8-11(10)15-2)5-7-12(13)16-3;10-9(11)7-6-8-4-2-1-3-5-8/h4-8H,1-3H3;1-7H,(H,10,11). The van der Waals surface area contributed by atoms with E-state index in [0.29, 0.717) is 11.5 Å². The summed E-state index contributed by atoms with van der Waals surface area (Å²) in [6, 6.07) is 14.7. The first-order valence-electron chi connectivity index (χ1n) is 7.94. The second kappa shape index (κ2) is 11.9. The second-order valence-electron chi connectivity index (χ2n) is 5.05. The van der Waals surface area contributed by atoms with Crippen LogP contribution in [0.1, 0.15) is 11.1 Å². The van der Waals surface area contributed by atoms with Crippen LogP contribution in [0.25, 0.3) is 12.2 Å². The molecule has 0 heterocycles. The molecule has 6 nitrogen and oxygen atoms in total. The zero-order chi connectivity index (χ0) is 20.1. The van der Waals surface area contributed by atoms with Gasteiger partial charge in [-0.25, -0.2) is 9.59 Å². The first-order chi connectivity index (χ1) is 13.0. The van der Waals surface area contributed by atoms with Crippen LogP contribution in [0.2, 0.25) is 0 Å². The predicted molar refractivity (Wildman–Crippen MR) is 104 cm³/mol. The Morgan fingerprint density at radius 2 is 1.44 bits per heavy atom. The number of carboxylic acid groups (broad SMARTS) is 1. The molecule has 0 unspecified atom stereocenters. The Kier molecular flexibility index (Phi) is 9.49. The molecule has 0 amide bonds. The number of carbonyl (C=O) groups excluding carboxylic acids is 1. The number of ether oxygens (including phenoxy) is 3. The molecule has 2 aromatic rings.